The lowest BCUT2D eigenvalue weighted by molar-refractivity contribution is 0.0681. The first-order chi connectivity index (χ1) is 13.2. The summed E-state index contributed by atoms with van der Waals surface area (Å²) < 4.78 is 5.44. The maximum absolute atomic E-state index is 5.44. The Hall–Kier alpha value is -2.80. The van der Waals surface area contributed by atoms with Crippen LogP contribution in [0.3, 0.4) is 0 Å². The van der Waals surface area contributed by atoms with E-state index in [1.807, 2.05) is 12.1 Å². The van der Waals surface area contributed by atoms with Gasteiger partial charge < -0.3 is 15.4 Å². The van der Waals surface area contributed by atoms with Crippen molar-refractivity contribution in [3.05, 3.63) is 42.4 Å². The molecule has 0 radical (unpaired) electrons. The van der Waals surface area contributed by atoms with E-state index >= 15 is 0 Å². The van der Waals surface area contributed by atoms with Crippen molar-refractivity contribution in [1.82, 2.24) is 19.9 Å². The number of fused-ring (bicyclic) bond motifs is 1. The molecule has 0 spiro atoms. The van der Waals surface area contributed by atoms with Crippen LogP contribution in [-0.2, 0) is 4.74 Å². The van der Waals surface area contributed by atoms with Crippen molar-refractivity contribution in [3.63, 3.8) is 0 Å². The summed E-state index contributed by atoms with van der Waals surface area (Å²) in [5.41, 5.74) is 3.58. The van der Waals surface area contributed by atoms with E-state index < -0.39 is 0 Å². The van der Waals surface area contributed by atoms with Gasteiger partial charge in [-0.25, -0.2) is 19.9 Å². The predicted octanol–water partition coefficient (Wildman–Crippen LogP) is 3.84. The van der Waals surface area contributed by atoms with Crippen LogP contribution < -0.4 is 10.6 Å². The van der Waals surface area contributed by atoms with Gasteiger partial charge in [0.2, 0.25) is 5.95 Å². The molecule has 2 heterocycles. The fraction of sp³-hybridized carbons (Fsp3) is 0.400. The van der Waals surface area contributed by atoms with Gasteiger partial charge in [-0.2, -0.15) is 0 Å². The van der Waals surface area contributed by atoms with Crippen LogP contribution in [0.1, 0.15) is 31.2 Å². The molecular weight excluding hydrogens is 340 g/mol. The molecule has 1 aliphatic carbocycles. The summed E-state index contributed by atoms with van der Waals surface area (Å²) in [6, 6.07) is 8.52. The number of aryl methyl sites for hydroxylation is 1. The van der Waals surface area contributed by atoms with E-state index in [1.54, 1.807) is 13.3 Å². The highest BCUT2D eigenvalue weighted by Gasteiger charge is 2.21. The average molecular weight is 364 g/mol. The third-order valence-corrected chi connectivity index (χ3v) is 5.00. The summed E-state index contributed by atoms with van der Waals surface area (Å²) >= 11 is 0. The topological polar surface area (TPSA) is 84.8 Å². The van der Waals surface area contributed by atoms with Gasteiger partial charge >= 0.3 is 0 Å². The molecule has 7 nitrogen and oxygen atoms in total. The standard InChI is InChI=1S/C20H24N6O/c1-13-4-3-5-15(10-13)24-19-18-17(22-12-23-19)11-21-20(26-18)25-14-6-8-16(27-2)9-7-14/h3-5,10-12,14,16H,6-9H2,1-2H3,(H,21,25,26)(H,22,23,24). The molecule has 0 amide bonds. The molecular formula is C20H24N6O. The number of aromatic nitrogens is 4. The number of nitrogens with one attached hydrogen (secondary N) is 2. The summed E-state index contributed by atoms with van der Waals surface area (Å²) in [4.78, 5) is 17.8. The van der Waals surface area contributed by atoms with Crippen LogP contribution in [0.2, 0.25) is 0 Å². The number of nitrogens with zero attached hydrogens (tertiary/aromatic N) is 4. The first-order valence-corrected chi connectivity index (χ1v) is 9.32. The minimum Gasteiger partial charge on any atom is -0.381 e. The van der Waals surface area contributed by atoms with Crippen molar-refractivity contribution in [2.75, 3.05) is 17.7 Å². The maximum atomic E-state index is 5.44. The van der Waals surface area contributed by atoms with E-state index in [0.29, 0.717) is 34.9 Å². The fourth-order valence-corrected chi connectivity index (χ4v) is 3.50. The molecule has 0 unspecified atom stereocenters. The van der Waals surface area contributed by atoms with Gasteiger partial charge in [0, 0.05) is 18.8 Å². The zero-order valence-corrected chi connectivity index (χ0v) is 15.6. The zero-order valence-electron chi connectivity index (χ0n) is 15.6. The molecule has 27 heavy (non-hydrogen) atoms. The van der Waals surface area contributed by atoms with E-state index in [9.17, 15) is 0 Å². The lowest BCUT2D eigenvalue weighted by Gasteiger charge is -2.28. The molecule has 1 aliphatic rings. The van der Waals surface area contributed by atoms with E-state index in [-0.39, 0.29) is 0 Å². The molecule has 0 atom stereocenters. The highest BCUT2D eigenvalue weighted by atomic mass is 16.5. The Bertz CT molecular complexity index is 923. The number of hydrogen-bond donors (Lipinski definition) is 2. The highest BCUT2D eigenvalue weighted by Crippen LogP contribution is 2.25. The van der Waals surface area contributed by atoms with Gasteiger partial charge in [-0.15, -0.1) is 0 Å². The summed E-state index contributed by atoms with van der Waals surface area (Å²) in [7, 11) is 1.79. The van der Waals surface area contributed by atoms with Gasteiger partial charge in [0.25, 0.3) is 0 Å². The SMILES string of the molecule is COC1CCC(Nc2ncc3ncnc(Nc4cccc(C)c4)c3n2)CC1. The van der Waals surface area contributed by atoms with Crippen LogP contribution in [0.25, 0.3) is 11.0 Å². The van der Waals surface area contributed by atoms with E-state index in [1.165, 1.54) is 11.9 Å². The van der Waals surface area contributed by atoms with Gasteiger partial charge in [0.1, 0.15) is 17.4 Å². The minimum absolute atomic E-state index is 0.367. The van der Waals surface area contributed by atoms with Gasteiger partial charge in [0.15, 0.2) is 5.82 Å². The van der Waals surface area contributed by atoms with Gasteiger partial charge in [-0.05, 0) is 50.3 Å². The van der Waals surface area contributed by atoms with Crippen molar-refractivity contribution in [3.8, 4) is 0 Å². The molecule has 1 saturated carbocycles. The quantitative estimate of drug-likeness (QED) is 0.711. The Morgan fingerprint density at radius 2 is 1.93 bits per heavy atom. The summed E-state index contributed by atoms with van der Waals surface area (Å²) in [6.45, 7) is 2.06. The van der Waals surface area contributed by atoms with Crippen LogP contribution >= 0.6 is 0 Å². The predicted molar refractivity (Wildman–Crippen MR) is 106 cm³/mol. The number of benzene rings is 1. The maximum Gasteiger partial charge on any atom is 0.223 e. The normalized spacial score (nSPS) is 19.8. The monoisotopic (exact) mass is 364 g/mol. The number of hydrogen-bond acceptors (Lipinski definition) is 7. The number of ether oxygens (including phenoxy) is 1. The van der Waals surface area contributed by atoms with E-state index in [2.05, 4.69) is 49.6 Å². The van der Waals surface area contributed by atoms with Crippen molar-refractivity contribution in [1.29, 1.82) is 0 Å². The number of methoxy groups -OCH3 is 1. The molecule has 0 bridgehead atoms. The van der Waals surface area contributed by atoms with Crippen LogP contribution in [0.5, 0.6) is 0 Å². The van der Waals surface area contributed by atoms with E-state index in [0.717, 1.165) is 31.4 Å². The second-order valence-corrected chi connectivity index (χ2v) is 7.00. The van der Waals surface area contributed by atoms with Gasteiger partial charge in [-0.1, -0.05) is 12.1 Å². The Morgan fingerprint density at radius 1 is 1.07 bits per heavy atom. The molecule has 140 valence electrons. The molecule has 2 aromatic heterocycles. The number of anilines is 3. The Balaban J connectivity index is 1.56. The third kappa shape index (κ3) is 4.14. The fourth-order valence-electron chi connectivity index (χ4n) is 3.50. The second kappa shape index (κ2) is 7.84. The van der Waals surface area contributed by atoms with Gasteiger partial charge in [0.05, 0.1) is 12.3 Å². The largest absolute Gasteiger partial charge is 0.381 e. The summed E-state index contributed by atoms with van der Waals surface area (Å²) in [6.07, 6.45) is 7.88. The smallest absolute Gasteiger partial charge is 0.223 e. The van der Waals surface area contributed by atoms with E-state index in [4.69, 9.17) is 4.74 Å². The third-order valence-electron chi connectivity index (χ3n) is 5.00. The molecule has 1 fully saturated rings. The molecule has 4 rings (SSSR count). The van der Waals surface area contributed by atoms with Crippen LogP contribution in [0.4, 0.5) is 17.5 Å². The van der Waals surface area contributed by atoms with Crippen LogP contribution in [0.15, 0.2) is 36.8 Å². The van der Waals surface area contributed by atoms with Crippen LogP contribution in [0, 0.1) is 6.92 Å². The molecule has 0 aliphatic heterocycles. The molecule has 3 aromatic rings. The lowest BCUT2D eigenvalue weighted by Crippen LogP contribution is -2.29. The highest BCUT2D eigenvalue weighted by molar-refractivity contribution is 5.87. The Kier molecular flexibility index (Phi) is 5.11. The summed E-state index contributed by atoms with van der Waals surface area (Å²) in [5.74, 6) is 1.30. The Labute approximate surface area is 158 Å². The average Bonchev–Trinajstić information content (AvgIpc) is 2.69. The molecule has 2 N–H and O–H groups in total. The van der Waals surface area contributed by atoms with Crippen LogP contribution in [-0.4, -0.2) is 39.2 Å². The summed E-state index contributed by atoms with van der Waals surface area (Å²) in [5, 5.41) is 6.80. The Morgan fingerprint density at radius 3 is 2.70 bits per heavy atom. The lowest BCUT2D eigenvalue weighted by atomic mass is 9.93. The van der Waals surface area contributed by atoms with Crippen molar-refractivity contribution < 1.29 is 4.74 Å². The second-order valence-electron chi connectivity index (χ2n) is 7.00. The first kappa shape index (κ1) is 17.6. The number of rotatable bonds is 5. The first-order valence-electron chi connectivity index (χ1n) is 9.32. The van der Waals surface area contributed by atoms with Crippen molar-refractivity contribution in [2.45, 2.75) is 44.8 Å². The molecule has 0 saturated heterocycles. The zero-order chi connectivity index (χ0) is 18.6. The minimum atomic E-state index is 0.367. The molecule has 1 aromatic carbocycles. The van der Waals surface area contributed by atoms with Gasteiger partial charge in [-0.3, -0.25) is 0 Å². The van der Waals surface area contributed by atoms with Crippen molar-refractivity contribution >= 4 is 28.5 Å². The molecule has 7 heteroatoms. The van der Waals surface area contributed by atoms with Crippen molar-refractivity contribution in [2.24, 2.45) is 0 Å².